The lowest BCUT2D eigenvalue weighted by Crippen LogP contribution is -2.33. The zero-order chi connectivity index (χ0) is 7.61. The Balaban J connectivity index is 2.40. The Morgan fingerprint density at radius 3 is 2.60 bits per heavy atom. The molecule has 0 aromatic carbocycles. The van der Waals surface area contributed by atoms with Crippen molar-refractivity contribution in [2.24, 2.45) is 5.92 Å². The Hall–Kier alpha value is -0.0400. The molecule has 0 aromatic rings. The van der Waals surface area contributed by atoms with Crippen LogP contribution in [0.4, 0.5) is 0 Å². The van der Waals surface area contributed by atoms with E-state index in [1.54, 1.807) is 0 Å². The Kier molecular flexibility index (Phi) is 2.35. The van der Waals surface area contributed by atoms with Crippen molar-refractivity contribution < 1.29 is 4.74 Å². The first-order valence-corrected chi connectivity index (χ1v) is 4.28. The largest absolute Gasteiger partial charge is 0.376 e. The van der Waals surface area contributed by atoms with Gasteiger partial charge in [0, 0.05) is 6.61 Å². The molecular formula is C9H18O. The van der Waals surface area contributed by atoms with E-state index < -0.39 is 0 Å². The second-order valence-corrected chi connectivity index (χ2v) is 3.88. The van der Waals surface area contributed by atoms with Crippen molar-refractivity contribution in [3.05, 3.63) is 0 Å². The van der Waals surface area contributed by atoms with E-state index in [2.05, 4.69) is 20.8 Å². The molecule has 0 aromatic heterocycles. The molecule has 1 heterocycles. The Morgan fingerprint density at radius 1 is 1.50 bits per heavy atom. The fraction of sp³-hybridized carbons (Fsp3) is 1.00. The second-order valence-electron chi connectivity index (χ2n) is 3.88. The van der Waals surface area contributed by atoms with Gasteiger partial charge in [0.25, 0.3) is 0 Å². The molecule has 1 heteroatoms. The van der Waals surface area contributed by atoms with Gasteiger partial charge in [-0.2, -0.15) is 0 Å². The topological polar surface area (TPSA) is 9.23 Å². The standard InChI is InChI=1S/C9H18O/c1-4-8-5-6-10-9(2,3)7-8/h8H,4-7H2,1-3H3/t8-/m0/s1. The van der Waals surface area contributed by atoms with E-state index >= 15 is 0 Å². The quantitative estimate of drug-likeness (QED) is 0.547. The van der Waals surface area contributed by atoms with Crippen LogP contribution in [0.15, 0.2) is 0 Å². The SMILES string of the molecule is CC[C@H]1CCOC(C)(C)C1. The Labute approximate surface area is 63.8 Å². The minimum absolute atomic E-state index is 0.152. The average Bonchev–Trinajstić information content (AvgIpc) is 1.86. The normalized spacial score (nSPS) is 32.1. The van der Waals surface area contributed by atoms with Crippen LogP contribution in [0, 0.1) is 5.92 Å². The third-order valence-electron chi connectivity index (χ3n) is 2.38. The molecule has 1 rings (SSSR count). The molecule has 1 atom stereocenters. The van der Waals surface area contributed by atoms with Crippen LogP contribution < -0.4 is 0 Å². The number of hydrogen-bond acceptors (Lipinski definition) is 1. The monoisotopic (exact) mass is 142 g/mol. The van der Waals surface area contributed by atoms with Gasteiger partial charge >= 0.3 is 0 Å². The van der Waals surface area contributed by atoms with Crippen molar-refractivity contribution in [3.8, 4) is 0 Å². The maximum Gasteiger partial charge on any atom is 0.0629 e. The molecule has 0 spiro atoms. The van der Waals surface area contributed by atoms with E-state index in [9.17, 15) is 0 Å². The molecule has 1 fully saturated rings. The third kappa shape index (κ3) is 1.98. The summed E-state index contributed by atoms with van der Waals surface area (Å²) in [6, 6.07) is 0. The van der Waals surface area contributed by atoms with Crippen LogP contribution in [0.3, 0.4) is 0 Å². The predicted octanol–water partition coefficient (Wildman–Crippen LogP) is 2.60. The molecule has 0 amide bonds. The highest BCUT2D eigenvalue weighted by Gasteiger charge is 2.27. The summed E-state index contributed by atoms with van der Waals surface area (Å²) in [7, 11) is 0. The summed E-state index contributed by atoms with van der Waals surface area (Å²) in [5.41, 5.74) is 0.152. The average molecular weight is 142 g/mol. The van der Waals surface area contributed by atoms with E-state index in [0.717, 1.165) is 12.5 Å². The third-order valence-corrected chi connectivity index (χ3v) is 2.38. The van der Waals surface area contributed by atoms with Crippen molar-refractivity contribution in [1.82, 2.24) is 0 Å². The lowest BCUT2D eigenvalue weighted by molar-refractivity contribution is -0.0727. The summed E-state index contributed by atoms with van der Waals surface area (Å²) >= 11 is 0. The van der Waals surface area contributed by atoms with E-state index in [1.165, 1.54) is 19.3 Å². The zero-order valence-electron chi connectivity index (χ0n) is 7.31. The lowest BCUT2D eigenvalue weighted by atomic mass is 9.87. The van der Waals surface area contributed by atoms with Gasteiger partial charge in [-0.25, -0.2) is 0 Å². The van der Waals surface area contributed by atoms with Crippen LogP contribution in [-0.4, -0.2) is 12.2 Å². The van der Waals surface area contributed by atoms with Gasteiger partial charge in [0.2, 0.25) is 0 Å². The summed E-state index contributed by atoms with van der Waals surface area (Å²) in [6.45, 7) is 7.61. The summed E-state index contributed by atoms with van der Waals surface area (Å²) in [5.74, 6) is 0.906. The van der Waals surface area contributed by atoms with Crippen LogP contribution in [0.5, 0.6) is 0 Å². The maximum atomic E-state index is 5.60. The fourth-order valence-corrected chi connectivity index (χ4v) is 1.71. The lowest BCUT2D eigenvalue weighted by Gasteiger charge is -2.35. The molecule has 1 aliphatic rings. The first kappa shape index (κ1) is 8.06. The van der Waals surface area contributed by atoms with Crippen molar-refractivity contribution in [2.45, 2.75) is 45.6 Å². The van der Waals surface area contributed by atoms with Gasteiger partial charge < -0.3 is 4.74 Å². The van der Waals surface area contributed by atoms with E-state index in [4.69, 9.17) is 4.74 Å². The molecule has 1 aliphatic heterocycles. The van der Waals surface area contributed by atoms with E-state index in [-0.39, 0.29) is 5.60 Å². The second kappa shape index (κ2) is 2.91. The summed E-state index contributed by atoms with van der Waals surface area (Å²) < 4.78 is 5.60. The van der Waals surface area contributed by atoms with E-state index in [1.807, 2.05) is 0 Å². The molecule has 0 radical (unpaired) electrons. The highest BCUT2D eigenvalue weighted by molar-refractivity contribution is 4.77. The van der Waals surface area contributed by atoms with Gasteiger partial charge in [0.15, 0.2) is 0 Å². The maximum absolute atomic E-state index is 5.60. The van der Waals surface area contributed by atoms with E-state index in [0.29, 0.717) is 0 Å². The van der Waals surface area contributed by atoms with Crippen LogP contribution in [0.25, 0.3) is 0 Å². The van der Waals surface area contributed by atoms with Crippen LogP contribution >= 0.6 is 0 Å². The van der Waals surface area contributed by atoms with Gasteiger partial charge in [-0.05, 0) is 32.6 Å². The summed E-state index contributed by atoms with van der Waals surface area (Å²) in [6.07, 6.45) is 3.82. The van der Waals surface area contributed by atoms with Crippen molar-refractivity contribution in [3.63, 3.8) is 0 Å². The van der Waals surface area contributed by atoms with Gasteiger partial charge in [-0.3, -0.25) is 0 Å². The predicted molar refractivity (Wildman–Crippen MR) is 43.0 cm³/mol. The molecule has 0 N–H and O–H groups in total. The molecule has 1 saturated heterocycles. The molecule has 1 nitrogen and oxygen atoms in total. The number of rotatable bonds is 1. The molecule has 60 valence electrons. The molecule has 0 bridgehead atoms. The minimum atomic E-state index is 0.152. The summed E-state index contributed by atoms with van der Waals surface area (Å²) in [5, 5.41) is 0. The fourth-order valence-electron chi connectivity index (χ4n) is 1.71. The minimum Gasteiger partial charge on any atom is -0.376 e. The smallest absolute Gasteiger partial charge is 0.0629 e. The number of hydrogen-bond donors (Lipinski definition) is 0. The highest BCUT2D eigenvalue weighted by atomic mass is 16.5. The molecule has 0 unspecified atom stereocenters. The zero-order valence-corrected chi connectivity index (χ0v) is 7.31. The van der Waals surface area contributed by atoms with Gasteiger partial charge in [0.05, 0.1) is 5.60 Å². The molecule has 0 saturated carbocycles. The van der Waals surface area contributed by atoms with Crippen LogP contribution in [0.2, 0.25) is 0 Å². The molecule has 10 heavy (non-hydrogen) atoms. The Bertz CT molecular complexity index is 107. The van der Waals surface area contributed by atoms with Crippen molar-refractivity contribution >= 4 is 0 Å². The van der Waals surface area contributed by atoms with Gasteiger partial charge in [0.1, 0.15) is 0 Å². The van der Waals surface area contributed by atoms with Crippen molar-refractivity contribution in [1.29, 1.82) is 0 Å². The van der Waals surface area contributed by atoms with Crippen LogP contribution in [-0.2, 0) is 4.74 Å². The summed E-state index contributed by atoms with van der Waals surface area (Å²) in [4.78, 5) is 0. The first-order chi connectivity index (χ1) is 4.64. The first-order valence-electron chi connectivity index (χ1n) is 4.28. The van der Waals surface area contributed by atoms with Gasteiger partial charge in [-0.1, -0.05) is 13.3 Å². The van der Waals surface area contributed by atoms with Crippen molar-refractivity contribution in [2.75, 3.05) is 6.61 Å². The highest BCUT2D eigenvalue weighted by Crippen LogP contribution is 2.29. The molecule has 0 aliphatic carbocycles. The van der Waals surface area contributed by atoms with Gasteiger partial charge in [-0.15, -0.1) is 0 Å². The molecular weight excluding hydrogens is 124 g/mol. The number of ether oxygens (including phenoxy) is 1. The Morgan fingerprint density at radius 2 is 2.20 bits per heavy atom. The van der Waals surface area contributed by atoms with Crippen LogP contribution in [0.1, 0.15) is 40.0 Å².